The summed E-state index contributed by atoms with van der Waals surface area (Å²) in [7, 11) is 0. The highest BCUT2D eigenvalue weighted by Gasteiger charge is 2.34. The van der Waals surface area contributed by atoms with Crippen LogP contribution in [-0.4, -0.2) is 27.2 Å². The van der Waals surface area contributed by atoms with Gasteiger partial charge in [0.05, 0.1) is 0 Å². The number of nitrogens with zero attached hydrogens (tertiary/aromatic N) is 3. The molecule has 0 aliphatic heterocycles. The number of amides is 1. The number of aryl methyl sites for hydroxylation is 2. The normalized spacial score (nSPS) is 17.2. The molecule has 2 heterocycles. The van der Waals surface area contributed by atoms with Crippen molar-refractivity contribution in [3.8, 4) is 0 Å². The number of carbonyl (C=O) groups excluding carboxylic acids is 1. The van der Waals surface area contributed by atoms with Crippen LogP contribution in [0.15, 0.2) is 16.9 Å². The van der Waals surface area contributed by atoms with Crippen molar-refractivity contribution in [1.82, 2.24) is 20.0 Å². The number of nitrogens with one attached hydrogen (secondary N) is 1. The van der Waals surface area contributed by atoms with Crippen LogP contribution < -0.4 is 5.32 Å². The Morgan fingerprint density at radius 2 is 2.19 bits per heavy atom. The highest BCUT2D eigenvalue weighted by Crippen LogP contribution is 2.38. The number of imidazole rings is 1. The Balaban J connectivity index is 1.55. The summed E-state index contributed by atoms with van der Waals surface area (Å²) in [5, 5.41) is 7.08. The molecule has 6 heteroatoms. The maximum absolute atomic E-state index is 12.6. The number of hydrogen-bond acceptors (Lipinski definition) is 4. The first kappa shape index (κ1) is 19.6. The third-order valence-electron chi connectivity index (χ3n) is 5.61. The number of fused-ring (bicyclic) bond motifs is 1. The predicted octanol–water partition coefficient (Wildman–Crippen LogP) is 3.97. The Hall–Kier alpha value is -2.11. The number of aromatic nitrogens is 3. The largest absolute Gasteiger partial charge is 0.360 e. The first-order valence-electron chi connectivity index (χ1n) is 10.0. The van der Waals surface area contributed by atoms with Crippen molar-refractivity contribution in [2.45, 2.75) is 72.8 Å². The summed E-state index contributed by atoms with van der Waals surface area (Å²) < 4.78 is 7.61. The molecular formula is C21H32N4O2. The second kappa shape index (κ2) is 7.87. The van der Waals surface area contributed by atoms with E-state index in [0.717, 1.165) is 49.4 Å². The topological polar surface area (TPSA) is 73.0 Å². The minimum absolute atomic E-state index is 0.121. The van der Waals surface area contributed by atoms with Gasteiger partial charge in [-0.25, -0.2) is 4.98 Å². The van der Waals surface area contributed by atoms with Gasteiger partial charge in [0, 0.05) is 43.4 Å². The minimum atomic E-state index is -0.121. The minimum Gasteiger partial charge on any atom is -0.360 e. The molecule has 0 saturated carbocycles. The fraction of sp³-hybridized carbons (Fsp3) is 0.667. The molecule has 148 valence electrons. The molecule has 1 aliphatic rings. The molecule has 0 spiro atoms. The summed E-state index contributed by atoms with van der Waals surface area (Å²) in [5.74, 6) is 2.80. The molecule has 0 fully saturated rings. The van der Waals surface area contributed by atoms with E-state index in [1.54, 1.807) is 0 Å². The van der Waals surface area contributed by atoms with E-state index in [1.165, 1.54) is 0 Å². The average Bonchev–Trinajstić information content (AvgIpc) is 3.23. The Labute approximate surface area is 161 Å². The van der Waals surface area contributed by atoms with Crippen LogP contribution in [0.4, 0.5) is 0 Å². The summed E-state index contributed by atoms with van der Waals surface area (Å²) in [4.78, 5) is 17.0. The van der Waals surface area contributed by atoms with E-state index in [0.29, 0.717) is 24.1 Å². The van der Waals surface area contributed by atoms with Gasteiger partial charge < -0.3 is 14.4 Å². The van der Waals surface area contributed by atoms with E-state index in [2.05, 4.69) is 54.6 Å². The van der Waals surface area contributed by atoms with Crippen LogP contribution in [0.25, 0.3) is 0 Å². The van der Waals surface area contributed by atoms with Crippen molar-refractivity contribution in [2.75, 3.05) is 6.54 Å². The Bertz CT molecular complexity index is 782. The molecule has 0 radical (unpaired) electrons. The van der Waals surface area contributed by atoms with Crippen molar-refractivity contribution >= 4 is 5.91 Å². The molecule has 1 N–H and O–H groups in total. The molecule has 1 atom stereocenters. The van der Waals surface area contributed by atoms with E-state index >= 15 is 0 Å². The predicted molar refractivity (Wildman–Crippen MR) is 105 cm³/mol. The number of rotatable bonds is 6. The summed E-state index contributed by atoms with van der Waals surface area (Å²) in [5.41, 5.74) is 1.71. The van der Waals surface area contributed by atoms with Crippen LogP contribution in [-0.2, 0) is 19.4 Å². The molecule has 3 rings (SSSR count). The standard InChI is InChI=1S/C21H32N4O2/c1-14(2)19-22-10-12-25(19)11-6-9-23-20(26)18-16-13-15(21(3,4)5)7-8-17(16)27-24-18/h10,12,14-15H,6-9,11,13H2,1-5H3,(H,23,26)/t15-/m1/s1. The summed E-state index contributed by atoms with van der Waals surface area (Å²) in [6.45, 7) is 12.5. The fourth-order valence-electron chi connectivity index (χ4n) is 3.87. The smallest absolute Gasteiger partial charge is 0.273 e. The van der Waals surface area contributed by atoms with Crippen molar-refractivity contribution in [3.05, 3.63) is 35.2 Å². The van der Waals surface area contributed by atoms with Gasteiger partial charge in [-0.3, -0.25) is 4.79 Å². The lowest BCUT2D eigenvalue weighted by Gasteiger charge is -2.33. The maximum Gasteiger partial charge on any atom is 0.273 e. The highest BCUT2D eigenvalue weighted by molar-refractivity contribution is 5.93. The lowest BCUT2D eigenvalue weighted by Crippen LogP contribution is -2.30. The summed E-state index contributed by atoms with van der Waals surface area (Å²) >= 11 is 0. The third kappa shape index (κ3) is 4.42. The fourth-order valence-corrected chi connectivity index (χ4v) is 3.87. The SMILES string of the molecule is CC(C)c1nccn1CCCNC(=O)c1noc2c1C[C@H](C(C)(C)C)CC2. The zero-order valence-corrected chi connectivity index (χ0v) is 17.2. The van der Waals surface area contributed by atoms with Gasteiger partial charge in [-0.2, -0.15) is 0 Å². The van der Waals surface area contributed by atoms with E-state index < -0.39 is 0 Å². The van der Waals surface area contributed by atoms with Crippen molar-refractivity contribution in [1.29, 1.82) is 0 Å². The maximum atomic E-state index is 12.6. The molecule has 0 unspecified atom stereocenters. The highest BCUT2D eigenvalue weighted by atomic mass is 16.5. The second-order valence-corrected chi connectivity index (χ2v) is 8.98. The van der Waals surface area contributed by atoms with Gasteiger partial charge in [0.15, 0.2) is 5.69 Å². The van der Waals surface area contributed by atoms with E-state index in [-0.39, 0.29) is 11.3 Å². The van der Waals surface area contributed by atoms with E-state index in [1.807, 2.05) is 12.4 Å². The van der Waals surface area contributed by atoms with Crippen LogP contribution in [0.2, 0.25) is 0 Å². The van der Waals surface area contributed by atoms with Crippen LogP contribution in [0.1, 0.15) is 81.0 Å². The van der Waals surface area contributed by atoms with Gasteiger partial charge >= 0.3 is 0 Å². The van der Waals surface area contributed by atoms with E-state index in [4.69, 9.17) is 4.52 Å². The van der Waals surface area contributed by atoms with Crippen LogP contribution in [0.5, 0.6) is 0 Å². The van der Waals surface area contributed by atoms with Crippen molar-refractivity contribution in [2.24, 2.45) is 11.3 Å². The summed E-state index contributed by atoms with van der Waals surface area (Å²) in [6.07, 6.45) is 7.52. The van der Waals surface area contributed by atoms with Crippen molar-refractivity contribution < 1.29 is 9.32 Å². The summed E-state index contributed by atoms with van der Waals surface area (Å²) in [6, 6.07) is 0. The molecule has 1 aliphatic carbocycles. The molecule has 27 heavy (non-hydrogen) atoms. The third-order valence-corrected chi connectivity index (χ3v) is 5.61. The Morgan fingerprint density at radius 1 is 1.41 bits per heavy atom. The van der Waals surface area contributed by atoms with Gasteiger partial charge in [0.2, 0.25) is 0 Å². The molecule has 6 nitrogen and oxygen atoms in total. The average molecular weight is 373 g/mol. The monoisotopic (exact) mass is 372 g/mol. The molecule has 0 bridgehead atoms. The zero-order chi connectivity index (χ0) is 19.6. The van der Waals surface area contributed by atoms with Gasteiger partial charge in [0.25, 0.3) is 5.91 Å². The van der Waals surface area contributed by atoms with E-state index in [9.17, 15) is 4.79 Å². The molecular weight excluding hydrogens is 340 g/mol. The first-order valence-corrected chi connectivity index (χ1v) is 10.0. The molecule has 0 aromatic carbocycles. The van der Waals surface area contributed by atoms with Crippen LogP contribution in [0.3, 0.4) is 0 Å². The lowest BCUT2D eigenvalue weighted by atomic mass is 9.71. The number of hydrogen-bond donors (Lipinski definition) is 1. The number of carbonyl (C=O) groups is 1. The second-order valence-electron chi connectivity index (χ2n) is 8.98. The van der Waals surface area contributed by atoms with Crippen LogP contribution >= 0.6 is 0 Å². The van der Waals surface area contributed by atoms with Crippen LogP contribution in [0, 0.1) is 11.3 Å². The zero-order valence-electron chi connectivity index (χ0n) is 17.2. The molecule has 2 aromatic rings. The van der Waals surface area contributed by atoms with Gasteiger partial charge in [-0.05, 0) is 30.6 Å². The molecule has 2 aromatic heterocycles. The lowest BCUT2D eigenvalue weighted by molar-refractivity contribution is 0.0942. The van der Waals surface area contributed by atoms with Gasteiger partial charge in [-0.1, -0.05) is 39.8 Å². The Kier molecular flexibility index (Phi) is 5.72. The Morgan fingerprint density at radius 3 is 2.89 bits per heavy atom. The quantitative estimate of drug-likeness (QED) is 0.779. The molecule has 1 amide bonds. The molecule has 0 saturated heterocycles. The van der Waals surface area contributed by atoms with Gasteiger partial charge in [-0.15, -0.1) is 0 Å². The van der Waals surface area contributed by atoms with Crippen molar-refractivity contribution in [3.63, 3.8) is 0 Å². The first-order chi connectivity index (χ1) is 12.8. The van der Waals surface area contributed by atoms with Gasteiger partial charge in [0.1, 0.15) is 11.6 Å².